The third-order valence-corrected chi connectivity index (χ3v) is 2.83. The molecule has 0 heterocycles. The van der Waals surface area contributed by atoms with Crippen LogP contribution in [0, 0.1) is 11.8 Å². The topological polar surface area (TPSA) is 12.0 Å². The van der Waals surface area contributed by atoms with Gasteiger partial charge in [0.25, 0.3) is 0 Å². The van der Waals surface area contributed by atoms with Crippen molar-refractivity contribution >= 4 is 0 Å². The lowest BCUT2D eigenvalue weighted by atomic mass is 9.90. The molecule has 0 amide bonds. The van der Waals surface area contributed by atoms with E-state index in [9.17, 15) is 0 Å². The standard InChI is InChI=1S/C12H27N/c1-6-7-10(2)8-11(3)9-12(4)13-5/h10-13H,6-9H2,1-5H3. The molecule has 1 heteroatoms. The normalized spacial score (nSPS) is 18.2. The highest BCUT2D eigenvalue weighted by molar-refractivity contribution is 4.65. The molecule has 3 atom stereocenters. The molecule has 0 aromatic carbocycles. The van der Waals surface area contributed by atoms with E-state index >= 15 is 0 Å². The third kappa shape index (κ3) is 7.06. The number of hydrogen-bond donors (Lipinski definition) is 1. The average Bonchev–Trinajstić information content (AvgIpc) is 2.04. The van der Waals surface area contributed by atoms with Gasteiger partial charge in [-0.05, 0) is 38.6 Å². The largest absolute Gasteiger partial charge is 0.317 e. The summed E-state index contributed by atoms with van der Waals surface area (Å²) < 4.78 is 0. The average molecular weight is 185 g/mol. The minimum atomic E-state index is 0.670. The first-order valence-corrected chi connectivity index (χ1v) is 5.77. The predicted molar refractivity (Wildman–Crippen MR) is 61.0 cm³/mol. The monoisotopic (exact) mass is 185 g/mol. The lowest BCUT2D eigenvalue weighted by Crippen LogP contribution is -2.24. The molecule has 0 radical (unpaired) electrons. The summed E-state index contributed by atoms with van der Waals surface area (Å²) in [7, 11) is 2.05. The molecule has 0 saturated heterocycles. The SMILES string of the molecule is CCCC(C)CC(C)CC(C)NC. The second-order valence-electron chi connectivity index (χ2n) is 4.66. The van der Waals surface area contributed by atoms with Crippen LogP contribution < -0.4 is 5.32 Å². The van der Waals surface area contributed by atoms with E-state index in [4.69, 9.17) is 0 Å². The summed E-state index contributed by atoms with van der Waals surface area (Å²) in [5, 5.41) is 3.30. The van der Waals surface area contributed by atoms with Crippen LogP contribution in [0.2, 0.25) is 0 Å². The minimum Gasteiger partial charge on any atom is -0.317 e. The molecular weight excluding hydrogens is 158 g/mol. The fourth-order valence-electron chi connectivity index (χ4n) is 2.12. The van der Waals surface area contributed by atoms with Crippen molar-refractivity contribution < 1.29 is 0 Å². The lowest BCUT2D eigenvalue weighted by Gasteiger charge is -2.19. The molecule has 0 aliphatic rings. The Labute approximate surface area is 84.3 Å². The van der Waals surface area contributed by atoms with Crippen molar-refractivity contribution in [3.05, 3.63) is 0 Å². The van der Waals surface area contributed by atoms with Crippen LogP contribution >= 0.6 is 0 Å². The molecule has 0 spiro atoms. The zero-order valence-electron chi connectivity index (χ0n) is 10.1. The van der Waals surface area contributed by atoms with Crippen LogP contribution in [0.4, 0.5) is 0 Å². The Hall–Kier alpha value is -0.0400. The van der Waals surface area contributed by atoms with E-state index in [2.05, 4.69) is 33.0 Å². The molecule has 0 aromatic heterocycles. The molecule has 3 unspecified atom stereocenters. The minimum absolute atomic E-state index is 0.670. The molecule has 0 saturated carbocycles. The van der Waals surface area contributed by atoms with Gasteiger partial charge in [-0.2, -0.15) is 0 Å². The maximum Gasteiger partial charge on any atom is 0.00382 e. The molecule has 0 aliphatic heterocycles. The predicted octanol–water partition coefficient (Wildman–Crippen LogP) is 3.45. The van der Waals surface area contributed by atoms with Crippen molar-refractivity contribution in [1.29, 1.82) is 0 Å². The highest BCUT2D eigenvalue weighted by Gasteiger charge is 2.10. The smallest absolute Gasteiger partial charge is 0.00382 e. The first-order valence-electron chi connectivity index (χ1n) is 5.77. The van der Waals surface area contributed by atoms with Crippen LogP contribution in [0.5, 0.6) is 0 Å². The van der Waals surface area contributed by atoms with E-state index in [0.717, 1.165) is 11.8 Å². The number of nitrogens with one attached hydrogen (secondary N) is 1. The molecule has 0 aliphatic carbocycles. The first kappa shape index (κ1) is 13.0. The van der Waals surface area contributed by atoms with Crippen LogP contribution in [0.15, 0.2) is 0 Å². The van der Waals surface area contributed by atoms with Gasteiger partial charge in [-0.3, -0.25) is 0 Å². The molecule has 13 heavy (non-hydrogen) atoms. The van der Waals surface area contributed by atoms with Gasteiger partial charge in [-0.15, -0.1) is 0 Å². The molecular formula is C12H27N. The molecule has 1 nitrogen and oxygen atoms in total. The second-order valence-corrected chi connectivity index (χ2v) is 4.66. The highest BCUT2D eigenvalue weighted by atomic mass is 14.8. The second kappa shape index (κ2) is 7.37. The molecule has 0 bridgehead atoms. The van der Waals surface area contributed by atoms with Gasteiger partial charge in [0.05, 0.1) is 0 Å². The maximum absolute atomic E-state index is 3.30. The summed E-state index contributed by atoms with van der Waals surface area (Å²) in [5.41, 5.74) is 0. The highest BCUT2D eigenvalue weighted by Crippen LogP contribution is 2.19. The van der Waals surface area contributed by atoms with Crippen LogP contribution in [-0.2, 0) is 0 Å². The summed E-state index contributed by atoms with van der Waals surface area (Å²) in [4.78, 5) is 0. The van der Waals surface area contributed by atoms with Crippen molar-refractivity contribution in [3.63, 3.8) is 0 Å². The summed E-state index contributed by atoms with van der Waals surface area (Å²) in [5.74, 6) is 1.77. The van der Waals surface area contributed by atoms with Gasteiger partial charge in [-0.1, -0.05) is 33.6 Å². The summed E-state index contributed by atoms with van der Waals surface area (Å²) in [6.07, 6.45) is 5.41. The molecule has 1 N–H and O–H groups in total. The van der Waals surface area contributed by atoms with Crippen molar-refractivity contribution in [1.82, 2.24) is 5.32 Å². The van der Waals surface area contributed by atoms with E-state index < -0.39 is 0 Å². The van der Waals surface area contributed by atoms with Gasteiger partial charge in [0.15, 0.2) is 0 Å². The van der Waals surface area contributed by atoms with E-state index in [0.29, 0.717) is 6.04 Å². The van der Waals surface area contributed by atoms with Crippen LogP contribution in [0.3, 0.4) is 0 Å². The zero-order chi connectivity index (χ0) is 10.3. The van der Waals surface area contributed by atoms with Gasteiger partial charge < -0.3 is 5.32 Å². The Morgan fingerprint density at radius 1 is 1.00 bits per heavy atom. The van der Waals surface area contributed by atoms with E-state index in [1.807, 2.05) is 7.05 Å². The van der Waals surface area contributed by atoms with Crippen molar-refractivity contribution in [2.75, 3.05) is 7.05 Å². The van der Waals surface area contributed by atoms with Gasteiger partial charge >= 0.3 is 0 Å². The van der Waals surface area contributed by atoms with Gasteiger partial charge in [0.2, 0.25) is 0 Å². The van der Waals surface area contributed by atoms with Crippen molar-refractivity contribution in [2.24, 2.45) is 11.8 Å². The summed E-state index contributed by atoms with van der Waals surface area (Å²) >= 11 is 0. The Morgan fingerprint density at radius 3 is 2.08 bits per heavy atom. The van der Waals surface area contributed by atoms with Gasteiger partial charge in [0, 0.05) is 6.04 Å². The Kier molecular flexibility index (Phi) is 7.35. The maximum atomic E-state index is 3.30. The first-order chi connectivity index (χ1) is 6.10. The quantitative estimate of drug-likeness (QED) is 0.640. The number of rotatable bonds is 7. The summed E-state index contributed by atoms with van der Waals surface area (Å²) in [6.45, 7) is 9.29. The lowest BCUT2D eigenvalue weighted by molar-refractivity contribution is 0.347. The third-order valence-electron chi connectivity index (χ3n) is 2.83. The molecule has 0 rings (SSSR count). The van der Waals surface area contributed by atoms with Gasteiger partial charge in [0.1, 0.15) is 0 Å². The fourth-order valence-corrected chi connectivity index (χ4v) is 2.12. The van der Waals surface area contributed by atoms with Crippen molar-refractivity contribution in [3.8, 4) is 0 Å². The van der Waals surface area contributed by atoms with Crippen LogP contribution in [0.25, 0.3) is 0 Å². The Balaban J connectivity index is 3.54. The van der Waals surface area contributed by atoms with E-state index in [1.165, 1.54) is 25.7 Å². The molecule has 80 valence electrons. The zero-order valence-corrected chi connectivity index (χ0v) is 10.1. The van der Waals surface area contributed by atoms with E-state index in [1.54, 1.807) is 0 Å². The molecule has 0 fully saturated rings. The van der Waals surface area contributed by atoms with E-state index in [-0.39, 0.29) is 0 Å². The summed E-state index contributed by atoms with van der Waals surface area (Å²) in [6, 6.07) is 0.670. The van der Waals surface area contributed by atoms with Gasteiger partial charge in [-0.25, -0.2) is 0 Å². The number of hydrogen-bond acceptors (Lipinski definition) is 1. The van der Waals surface area contributed by atoms with Crippen LogP contribution in [0.1, 0.15) is 53.4 Å². The van der Waals surface area contributed by atoms with Crippen LogP contribution in [-0.4, -0.2) is 13.1 Å². The Morgan fingerprint density at radius 2 is 1.62 bits per heavy atom. The molecule has 0 aromatic rings. The Bertz CT molecular complexity index is 112. The fraction of sp³-hybridized carbons (Fsp3) is 1.00. The van der Waals surface area contributed by atoms with Crippen molar-refractivity contribution in [2.45, 2.75) is 59.4 Å².